The molecule has 0 saturated carbocycles. The summed E-state index contributed by atoms with van der Waals surface area (Å²) in [7, 11) is 0. The van der Waals surface area contributed by atoms with Crippen LogP contribution in [0.5, 0.6) is 0 Å². The predicted molar refractivity (Wildman–Crippen MR) is 75.3 cm³/mol. The Morgan fingerprint density at radius 1 is 1.16 bits per heavy atom. The number of carbonyl (C=O) groups is 1. The van der Waals surface area contributed by atoms with Crippen LogP contribution in [0.25, 0.3) is 5.57 Å². The normalized spacial score (nSPS) is 18.4. The molecular formula is C15H20N2O2. The first-order chi connectivity index (χ1) is 8.67. The molecule has 0 unspecified atom stereocenters. The highest BCUT2D eigenvalue weighted by Crippen LogP contribution is 2.38. The van der Waals surface area contributed by atoms with Gasteiger partial charge in [0.1, 0.15) is 11.3 Å². The number of amides is 1. The molecule has 0 atom stereocenters. The van der Waals surface area contributed by atoms with Crippen LogP contribution in [0.2, 0.25) is 0 Å². The van der Waals surface area contributed by atoms with Crippen LogP contribution in [-0.2, 0) is 4.79 Å². The van der Waals surface area contributed by atoms with E-state index >= 15 is 0 Å². The third kappa shape index (κ3) is 1.83. The van der Waals surface area contributed by atoms with Crippen LogP contribution in [0.3, 0.4) is 0 Å². The Labute approximate surface area is 113 Å². The highest BCUT2D eigenvalue weighted by molar-refractivity contribution is 6.23. The van der Waals surface area contributed by atoms with Gasteiger partial charge in [-0.05, 0) is 51.3 Å². The van der Waals surface area contributed by atoms with Gasteiger partial charge in [0.15, 0.2) is 0 Å². The Balaban J connectivity index is 2.73. The van der Waals surface area contributed by atoms with Gasteiger partial charge in [-0.2, -0.15) is 0 Å². The van der Waals surface area contributed by atoms with Crippen molar-refractivity contribution in [1.29, 1.82) is 0 Å². The number of carbonyl (C=O) groups excluding carboxylic acids is 1. The SMILES string of the molecule is Cc1cc(C)c(C2=C(O)C(C)(C)N(N)C2=O)c(C)c1. The zero-order valence-corrected chi connectivity index (χ0v) is 12.0. The van der Waals surface area contributed by atoms with E-state index in [0.717, 1.165) is 27.3 Å². The Kier molecular flexibility index (Phi) is 2.94. The lowest BCUT2D eigenvalue weighted by Crippen LogP contribution is -2.48. The Hall–Kier alpha value is -1.81. The van der Waals surface area contributed by atoms with Gasteiger partial charge in [-0.3, -0.25) is 9.80 Å². The molecule has 0 fully saturated rings. The summed E-state index contributed by atoms with van der Waals surface area (Å²) < 4.78 is 0. The largest absolute Gasteiger partial charge is 0.509 e. The number of aryl methyl sites for hydroxylation is 3. The average Bonchev–Trinajstić information content (AvgIpc) is 2.43. The van der Waals surface area contributed by atoms with Crippen LogP contribution in [0.4, 0.5) is 0 Å². The van der Waals surface area contributed by atoms with Crippen molar-refractivity contribution < 1.29 is 9.90 Å². The van der Waals surface area contributed by atoms with E-state index in [1.165, 1.54) is 0 Å². The molecule has 3 N–H and O–H groups in total. The lowest BCUT2D eigenvalue weighted by molar-refractivity contribution is -0.127. The second kappa shape index (κ2) is 4.10. The van der Waals surface area contributed by atoms with Gasteiger partial charge in [-0.25, -0.2) is 5.84 Å². The van der Waals surface area contributed by atoms with Crippen LogP contribution in [0, 0.1) is 20.8 Å². The van der Waals surface area contributed by atoms with Crippen LogP contribution in [-0.4, -0.2) is 21.6 Å². The summed E-state index contributed by atoms with van der Waals surface area (Å²) in [5, 5.41) is 11.5. The summed E-state index contributed by atoms with van der Waals surface area (Å²) in [5.41, 5.74) is 3.32. The third-order valence-electron chi connectivity index (χ3n) is 3.78. The van der Waals surface area contributed by atoms with E-state index in [1.54, 1.807) is 13.8 Å². The van der Waals surface area contributed by atoms with Gasteiger partial charge in [0, 0.05) is 0 Å². The highest BCUT2D eigenvalue weighted by atomic mass is 16.3. The Bertz CT molecular complexity index is 577. The first kappa shape index (κ1) is 13.6. The third-order valence-corrected chi connectivity index (χ3v) is 3.78. The van der Waals surface area contributed by atoms with Gasteiger partial charge in [0.05, 0.1) is 5.57 Å². The highest BCUT2D eigenvalue weighted by Gasteiger charge is 2.45. The van der Waals surface area contributed by atoms with Crippen molar-refractivity contribution in [3.05, 3.63) is 40.1 Å². The van der Waals surface area contributed by atoms with Crippen molar-refractivity contribution in [3.63, 3.8) is 0 Å². The van der Waals surface area contributed by atoms with Crippen molar-refractivity contribution in [3.8, 4) is 0 Å². The quantitative estimate of drug-likeness (QED) is 0.602. The van der Waals surface area contributed by atoms with Crippen molar-refractivity contribution in [2.24, 2.45) is 5.84 Å². The summed E-state index contributed by atoms with van der Waals surface area (Å²) in [4.78, 5) is 12.3. The van der Waals surface area contributed by atoms with E-state index in [1.807, 2.05) is 32.9 Å². The molecule has 1 aliphatic rings. The Morgan fingerprint density at radius 2 is 1.63 bits per heavy atom. The molecule has 0 aliphatic carbocycles. The summed E-state index contributed by atoms with van der Waals surface area (Å²) in [5.74, 6) is 5.49. The zero-order chi connectivity index (χ0) is 14.5. The zero-order valence-electron chi connectivity index (χ0n) is 12.0. The number of hydrogen-bond donors (Lipinski definition) is 2. The van der Waals surface area contributed by atoms with Crippen molar-refractivity contribution in [1.82, 2.24) is 5.01 Å². The molecule has 1 amide bonds. The molecule has 2 rings (SSSR count). The number of hydrazine groups is 1. The molecule has 0 saturated heterocycles. The molecule has 1 aromatic carbocycles. The van der Waals surface area contributed by atoms with Crippen LogP contribution in [0.15, 0.2) is 17.9 Å². The minimum Gasteiger partial charge on any atom is -0.509 e. The topological polar surface area (TPSA) is 66.6 Å². The molecule has 4 nitrogen and oxygen atoms in total. The summed E-state index contributed by atoms with van der Waals surface area (Å²) in [6, 6.07) is 4.00. The predicted octanol–water partition coefficient (Wildman–Crippen LogP) is 2.38. The second-order valence-electron chi connectivity index (χ2n) is 5.73. The lowest BCUT2D eigenvalue weighted by atomic mass is 9.91. The minimum atomic E-state index is -0.865. The molecule has 1 aliphatic heterocycles. The number of hydrogen-bond acceptors (Lipinski definition) is 3. The summed E-state index contributed by atoms with van der Waals surface area (Å²) in [6.07, 6.45) is 0. The van der Waals surface area contributed by atoms with Crippen molar-refractivity contribution in [2.45, 2.75) is 40.2 Å². The molecule has 19 heavy (non-hydrogen) atoms. The average molecular weight is 260 g/mol. The number of aliphatic hydroxyl groups excluding tert-OH is 1. The molecule has 0 bridgehead atoms. The second-order valence-corrected chi connectivity index (χ2v) is 5.73. The number of benzene rings is 1. The fraction of sp³-hybridized carbons (Fsp3) is 0.400. The monoisotopic (exact) mass is 260 g/mol. The van der Waals surface area contributed by atoms with E-state index in [2.05, 4.69) is 0 Å². The first-order valence-electron chi connectivity index (χ1n) is 6.29. The molecule has 4 heteroatoms. The molecule has 1 heterocycles. The molecule has 1 aromatic rings. The lowest BCUT2D eigenvalue weighted by Gasteiger charge is -2.26. The van der Waals surface area contributed by atoms with E-state index in [9.17, 15) is 9.90 Å². The number of aliphatic hydroxyl groups is 1. The summed E-state index contributed by atoms with van der Waals surface area (Å²) >= 11 is 0. The van der Waals surface area contributed by atoms with E-state index in [0.29, 0.717) is 5.57 Å². The molecular weight excluding hydrogens is 240 g/mol. The van der Waals surface area contributed by atoms with Gasteiger partial charge in [-0.1, -0.05) is 17.7 Å². The summed E-state index contributed by atoms with van der Waals surface area (Å²) in [6.45, 7) is 9.34. The number of rotatable bonds is 1. The maximum Gasteiger partial charge on any atom is 0.272 e. The molecule has 0 radical (unpaired) electrons. The standard InChI is InChI=1S/C15H20N2O2/c1-8-6-9(2)11(10(3)7-8)12-13(18)15(4,5)17(16)14(12)19/h6-7,18H,16H2,1-5H3. The first-order valence-corrected chi connectivity index (χ1v) is 6.29. The maximum atomic E-state index is 12.3. The van der Waals surface area contributed by atoms with E-state index in [4.69, 9.17) is 5.84 Å². The van der Waals surface area contributed by atoms with Gasteiger partial charge >= 0.3 is 0 Å². The minimum absolute atomic E-state index is 0.0371. The molecule has 0 aromatic heterocycles. The van der Waals surface area contributed by atoms with E-state index < -0.39 is 5.54 Å². The number of nitrogens with zero attached hydrogens (tertiary/aromatic N) is 1. The molecule has 102 valence electrons. The van der Waals surface area contributed by atoms with Crippen LogP contribution < -0.4 is 5.84 Å². The Morgan fingerprint density at radius 3 is 2.00 bits per heavy atom. The van der Waals surface area contributed by atoms with Crippen LogP contribution in [0.1, 0.15) is 36.1 Å². The van der Waals surface area contributed by atoms with Gasteiger partial charge in [0.2, 0.25) is 0 Å². The van der Waals surface area contributed by atoms with Gasteiger partial charge in [0.25, 0.3) is 5.91 Å². The fourth-order valence-electron chi connectivity index (χ4n) is 2.70. The molecule has 0 spiro atoms. The maximum absolute atomic E-state index is 12.3. The van der Waals surface area contributed by atoms with E-state index in [-0.39, 0.29) is 11.7 Å². The number of nitrogens with two attached hydrogens (primary N) is 1. The van der Waals surface area contributed by atoms with Gasteiger partial charge < -0.3 is 5.11 Å². The smallest absolute Gasteiger partial charge is 0.272 e. The van der Waals surface area contributed by atoms with Crippen molar-refractivity contribution in [2.75, 3.05) is 0 Å². The fourth-order valence-corrected chi connectivity index (χ4v) is 2.70. The van der Waals surface area contributed by atoms with Crippen LogP contribution >= 0.6 is 0 Å². The van der Waals surface area contributed by atoms with Gasteiger partial charge in [-0.15, -0.1) is 0 Å². The van der Waals surface area contributed by atoms with Crippen molar-refractivity contribution >= 4 is 11.5 Å².